The van der Waals surface area contributed by atoms with E-state index in [2.05, 4.69) is 10.2 Å². The summed E-state index contributed by atoms with van der Waals surface area (Å²) in [4.78, 5) is 11.7. The van der Waals surface area contributed by atoms with Crippen molar-refractivity contribution in [3.8, 4) is 5.75 Å². The quantitative estimate of drug-likeness (QED) is 0.895. The molecule has 1 heterocycles. The lowest BCUT2D eigenvalue weighted by Gasteiger charge is -2.09. The monoisotopic (exact) mass is 244 g/mol. The average Bonchev–Trinajstić information content (AvgIpc) is 2.36. The fourth-order valence-corrected chi connectivity index (χ4v) is 1.84. The van der Waals surface area contributed by atoms with Crippen molar-refractivity contribution in [1.82, 2.24) is 10.2 Å². The third-order valence-electron chi connectivity index (χ3n) is 2.66. The van der Waals surface area contributed by atoms with Crippen LogP contribution in [0.1, 0.15) is 23.7 Å². The molecule has 4 heteroatoms. The lowest BCUT2D eigenvalue weighted by molar-refractivity contribution is 0.337. The first kappa shape index (κ1) is 12.4. The second kappa shape index (κ2) is 5.49. The average molecular weight is 244 g/mol. The minimum absolute atomic E-state index is 0.146. The zero-order valence-electron chi connectivity index (χ0n) is 10.6. The van der Waals surface area contributed by atoms with Gasteiger partial charge in [0.25, 0.3) is 5.56 Å². The Hall–Kier alpha value is -2.10. The fraction of sp³-hybridized carbons (Fsp3) is 0.286. The van der Waals surface area contributed by atoms with E-state index >= 15 is 0 Å². The highest BCUT2D eigenvalue weighted by atomic mass is 16.5. The van der Waals surface area contributed by atoms with Crippen molar-refractivity contribution in [1.29, 1.82) is 0 Å². The van der Waals surface area contributed by atoms with Crippen LogP contribution in [0.2, 0.25) is 0 Å². The topological polar surface area (TPSA) is 55.0 Å². The third kappa shape index (κ3) is 2.77. The van der Waals surface area contributed by atoms with Crippen LogP contribution >= 0.6 is 0 Å². The Morgan fingerprint density at radius 3 is 2.83 bits per heavy atom. The highest BCUT2D eigenvalue weighted by Crippen LogP contribution is 2.20. The van der Waals surface area contributed by atoms with Gasteiger partial charge in [0.2, 0.25) is 0 Å². The number of aromatic amines is 1. The van der Waals surface area contributed by atoms with E-state index in [0.29, 0.717) is 18.6 Å². The molecule has 0 atom stereocenters. The summed E-state index contributed by atoms with van der Waals surface area (Å²) in [6, 6.07) is 9.57. The summed E-state index contributed by atoms with van der Waals surface area (Å²) >= 11 is 0. The van der Waals surface area contributed by atoms with Crippen LogP contribution in [-0.2, 0) is 6.42 Å². The van der Waals surface area contributed by atoms with Gasteiger partial charge in [0.05, 0.1) is 12.3 Å². The van der Waals surface area contributed by atoms with Gasteiger partial charge in [0.1, 0.15) is 5.75 Å². The summed E-state index contributed by atoms with van der Waals surface area (Å²) in [5.41, 5.74) is 2.37. The summed E-state index contributed by atoms with van der Waals surface area (Å²) in [7, 11) is 0. The number of nitrogens with one attached hydrogen (secondary N) is 1. The number of aromatic nitrogens is 2. The normalized spacial score (nSPS) is 10.3. The number of H-pyrrole nitrogens is 1. The second-order valence-electron chi connectivity index (χ2n) is 4.08. The molecule has 0 aliphatic heterocycles. The van der Waals surface area contributed by atoms with Crippen LogP contribution in [0.15, 0.2) is 35.1 Å². The summed E-state index contributed by atoms with van der Waals surface area (Å²) in [5.74, 6) is 0.828. The van der Waals surface area contributed by atoms with Gasteiger partial charge < -0.3 is 4.74 Å². The number of benzene rings is 1. The molecular formula is C14H16N2O2. The SMILES string of the molecule is CCOc1ccccc1Cc1cc(C)n[nH]c1=O. The van der Waals surface area contributed by atoms with Gasteiger partial charge in [-0.3, -0.25) is 4.79 Å². The molecule has 2 aromatic rings. The van der Waals surface area contributed by atoms with E-state index in [1.165, 1.54) is 0 Å². The Bertz CT molecular complexity index is 590. The number of hydrogen-bond acceptors (Lipinski definition) is 3. The molecule has 0 unspecified atom stereocenters. The zero-order chi connectivity index (χ0) is 13.0. The van der Waals surface area contributed by atoms with Crippen molar-refractivity contribution in [2.75, 3.05) is 6.61 Å². The first-order valence-electron chi connectivity index (χ1n) is 5.96. The van der Waals surface area contributed by atoms with Gasteiger partial charge >= 0.3 is 0 Å². The van der Waals surface area contributed by atoms with Gasteiger partial charge in [-0.1, -0.05) is 18.2 Å². The Morgan fingerprint density at radius 2 is 2.06 bits per heavy atom. The van der Waals surface area contributed by atoms with Crippen LogP contribution in [-0.4, -0.2) is 16.8 Å². The third-order valence-corrected chi connectivity index (χ3v) is 2.66. The molecule has 0 aliphatic carbocycles. The predicted octanol–water partition coefficient (Wildman–Crippen LogP) is 2.07. The lowest BCUT2D eigenvalue weighted by atomic mass is 10.1. The molecule has 0 fully saturated rings. The standard InChI is InChI=1S/C14H16N2O2/c1-3-18-13-7-5-4-6-11(13)9-12-8-10(2)15-16-14(12)17/h4-8H,3,9H2,1-2H3,(H,16,17). The molecule has 18 heavy (non-hydrogen) atoms. The molecule has 0 bridgehead atoms. The van der Waals surface area contributed by atoms with Crippen molar-refractivity contribution in [2.45, 2.75) is 20.3 Å². The first-order chi connectivity index (χ1) is 8.70. The van der Waals surface area contributed by atoms with Gasteiger partial charge in [0.15, 0.2) is 0 Å². The van der Waals surface area contributed by atoms with E-state index in [-0.39, 0.29) is 5.56 Å². The highest BCUT2D eigenvalue weighted by molar-refractivity contribution is 5.37. The van der Waals surface area contributed by atoms with Crippen molar-refractivity contribution < 1.29 is 4.74 Å². The Kier molecular flexibility index (Phi) is 3.77. The van der Waals surface area contributed by atoms with E-state index in [1.807, 2.05) is 44.2 Å². The zero-order valence-corrected chi connectivity index (χ0v) is 10.6. The number of nitrogens with zero attached hydrogens (tertiary/aromatic N) is 1. The molecule has 1 aromatic carbocycles. The lowest BCUT2D eigenvalue weighted by Crippen LogP contribution is -2.15. The summed E-state index contributed by atoms with van der Waals surface area (Å²) in [5, 5.41) is 6.36. The molecule has 94 valence electrons. The molecule has 0 radical (unpaired) electrons. The maximum atomic E-state index is 11.7. The van der Waals surface area contributed by atoms with Crippen LogP contribution in [0.25, 0.3) is 0 Å². The fourth-order valence-electron chi connectivity index (χ4n) is 1.84. The van der Waals surface area contributed by atoms with Gasteiger partial charge in [-0.05, 0) is 31.5 Å². The van der Waals surface area contributed by atoms with E-state index in [4.69, 9.17) is 4.74 Å². The van der Waals surface area contributed by atoms with Crippen LogP contribution in [0.3, 0.4) is 0 Å². The van der Waals surface area contributed by atoms with E-state index in [0.717, 1.165) is 17.0 Å². The Balaban J connectivity index is 2.33. The van der Waals surface area contributed by atoms with Gasteiger partial charge in [-0.2, -0.15) is 5.10 Å². The van der Waals surface area contributed by atoms with Crippen molar-refractivity contribution in [2.24, 2.45) is 0 Å². The second-order valence-corrected chi connectivity index (χ2v) is 4.08. The summed E-state index contributed by atoms with van der Waals surface area (Å²) in [6.07, 6.45) is 0.550. The molecular weight excluding hydrogens is 228 g/mol. The molecule has 1 N–H and O–H groups in total. The van der Waals surface area contributed by atoms with Crippen molar-refractivity contribution in [3.63, 3.8) is 0 Å². The van der Waals surface area contributed by atoms with E-state index < -0.39 is 0 Å². The molecule has 0 aliphatic rings. The molecule has 1 aromatic heterocycles. The predicted molar refractivity (Wildman–Crippen MR) is 70.0 cm³/mol. The van der Waals surface area contributed by atoms with E-state index in [1.54, 1.807) is 0 Å². The largest absolute Gasteiger partial charge is 0.494 e. The molecule has 0 saturated carbocycles. The highest BCUT2D eigenvalue weighted by Gasteiger charge is 2.07. The van der Waals surface area contributed by atoms with Crippen LogP contribution in [0.4, 0.5) is 0 Å². The maximum Gasteiger partial charge on any atom is 0.267 e. The van der Waals surface area contributed by atoms with Crippen LogP contribution in [0, 0.1) is 6.92 Å². The van der Waals surface area contributed by atoms with Gasteiger partial charge in [-0.15, -0.1) is 0 Å². The van der Waals surface area contributed by atoms with Gasteiger partial charge in [-0.25, -0.2) is 5.10 Å². The minimum Gasteiger partial charge on any atom is -0.494 e. The molecule has 0 saturated heterocycles. The minimum atomic E-state index is -0.146. The maximum absolute atomic E-state index is 11.7. The number of rotatable bonds is 4. The number of aryl methyl sites for hydroxylation is 1. The smallest absolute Gasteiger partial charge is 0.267 e. The van der Waals surface area contributed by atoms with Crippen molar-refractivity contribution in [3.05, 3.63) is 57.5 Å². The summed E-state index contributed by atoms with van der Waals surface area (Å²) in [6.45, 7) is 4.41. The molecule has 4 nitrogen and oxygen atoms in total. The van der Waals surface area contributed by atoms with Crippen LogP contribution in [0.5, 0.6) is 5.75 Å². The molecule has 0 spiro atoms. The number of ether oxygens (including phenoxy) is 1. The van der Waals surface area contributed by atoms with Crippen LogP contribution < -0.4 is 10.3 Å². The van der Waals surface area contributed by atoms with Gasteiger partial charge in [0, 0.05) is 12.0 Å². The first-order valence-corrected chi connectivity index (χ1v) is 5.96. The molecule has 2 rings (SSSR count). The number of para-hydroxylation sites is 1. The van der Waals surface area contributed by atoms with Crippen molar-refractivity contribution >= 4 is 0 Å². The summed E-state index contributed by atoms with van der Waals surface area (Å²) < 4.78 is 5.55. The molecule has 0 amide bonds. The van der Waals surface area contributed by atoms with E-state index in [9.17, 15) is 4.79 Å². The Labute approximate surface area is 106 Å². The Morgan fingerprint density at radius 1 is 1.28 bits per heavy atom. The number of hydrogen-bond donors (Lipinski definition) is 1.